The molecule has 9 heteroatoms. The minimum atomic E-state index is -0.242. The van der Waals surface area contributed by atoms with Gasteiger partial charge in [0.25, 0.3) is 5.91 Å². The Morgan fingerprint density at radius 2 is 2.06 bits per heavy atom. The van der Waals surface area contributed by atoms with Crippen molar-refractivity contribution in [2.75, 3.05) is 25.5 Å². The highest BCUT2D eigenvalue weighted by atomic mass is 16.5. The van der Waals surface area contributed by atoms with Crippen LogP contribution in [0.4, 0.5) is 5.69 Å². The lowest BCUT2D eigenvalue weighted by Gasteiger charge is -2.38. The Kier molecular flexibility index (Phi) is 5.08. The van der Waals surface area contributed by atoms with Gasteiger partial charge in [0, 0.05) is 30.5 Å². The van der Waals surface area contributed by atoms with Crippen molar-refractivity contribution in [3.05, 3.63) is 77.9 Å². The number of hydrogen-bond acceptors (Lipinski definition) is 7. The second-order valence-corrected chi connectivity index (χ2v) is 8.22. The molecule has 33 heavy (non-hydrogen) atoms. The van der Waals surface area contributed by atoms with E-state index < -0.39 is 0 Å². The van der Waals surface area contributed by atoms with Crippen LogP contribution in [0.3, 0.4) is 0 Å². The van der Waals surface area contributed by atoms with Crippen LogP contribution in [0.2, 0.25) is 0 Å². The van der Waals surface area contributed by atoms with Gasteiger partial charge in [0.2, 0.25) is 11.7 Å². The van der Waals surface area contributed by atoms with Gasteiger partial charge in [-0.05, 0) is 49.8 Å². The van der Waals surface area contributed by atoms with Crippen molar-refractivity contribution >= 4 is 17.2 Å². The van der Waals surface area contributed by atoms with Gasteiger partial charge in [-0.15, -0.1) is 0 Å². The standard InChI is InChI=1S/C24H24N6O3/c1-14-7-8-30-20(11-25-21(30)9-14)23(31)26-19-10-17(6-5-15(19)2)22-27-24(33-28-22)18-12-29(13-18)16(3)32-4/h5-11,18H,3,12-13H2,1-2,4H3,(H,26,31). The minimum absolute atomic E-state index is 0.140. The van der Waals surface area contributed by atoms with Gasteiger partial charge in [-0.3, -0.25) is 9.20 Å². The molecule has 1 saturated heterocycles. The van der Waals surface area contributed by atoms with Gasteiger partial charge >= 0.3 is 0 Å². The van der Waals surface area contributed by atoms with Crippen LogP contribution in [0.1, 0.15) is 33.4 Å². The van der Waals surface area contributed by atoms with Crippen molar-refractivity contribution in [1.82, 2.24) is 24.4 Å². The molecule has 5 rings (SSSR count). The first-order chi connectivity index (χ1) is 15.9. The lowest BCUT2D eigenvalue weighted by molar-refractivity contribution is 0.0779. The Bertz CT molecular complexity index is 1370. The number of likely N-dealkylation sites (tertiary alicyclic amines) is 1. The monoisotopic (exact) mass is 444 g/mol. The van der Waals surface area contributed by atoms with Crippen LogP contribution < -0.4 is 5.32 Å². The number of anilines is 1. The largest absolute Gasteiger partial charge is 0.483 e. The predicted molar refractivity (Wildman–Crippen MR) is 123 cm³/mol. The van der Waals surface area contributed by atoms with Gasteiger partial charge < -0.3 is 19.5 Å². The number of nitrogens with one attached hydrogen (secondary N) is 1. The molecular weight excluding hydrogens is 420 g/mol. The fourth-order valence-corrected chi connectivity index (χ4v) is 3.82. The number of methoxy groups -OCH3 is 1. The summed E-state index contributed by atoms with van der Waals surface area (Å²) in [6, 6.07) is 9.57. The zero-order chi connectivity index (χ0) is 23.1. The summed E-state index contributed by atoms with van der Waals surface area (Å²) in [5.41, 5.74) is 4.64. The molecule has 1 aromatic carbocycles. The van der Waals surface area contributed by atoms with Gasteiger partial charge in [0.1, 0.15) is 11.3 Å². The van der Waals surface area contributed by atoms with E-state index in [4.69, 9.17) is 9.26 Å². The van der Waals surface area contributed by atoms with Crippen LogP contribution in [-0.2, 0) is 4.74 Å². The van der Waals surface area contributed by atoms with E-state index in [-0.39, 0.29) is 11.8 Å². The third kappa shape index (κ3) is 3.82. The number of imidazole rings is 1. The highest BCUT2D eigenvalue weighted by Gasteiger charge is 2.34. The van der Waals surface area contributed by atoms with Crippen molar-refractivity contribution in [3.63, 3.8) is 0 Å². The molecule has 0 radical (unpaired) electrons. The van der Waals surface area contributed by atoms with Crippen molar-refractivity contribution in [2.45, 2.75) is 19.8 Å². The Balaban J connectivity index is 1.34. The van der Waals surface area contributed by atoms with Gasteiger partial charge in [-0.2, -0.15) is 4.98 Å². The summed E-state index contributed by atoms with van der Waals surface area (Å²) < 4.78 is 12.4. The quantitative estimate of drug-likeness (QED) is 0.452. The minimum Gasteiger partial charge on any atom is -0.483 e. The van der Waals surface area contributed by atoms with Crippen molar-refractivity contribution in [1.29, 1.82) is 0 Å². The van der Waals surface area contributed by atoms with Gasteiger partial charge in [0.15, 0.2) is 5.88 Å². The lowest BCUT2D eigenvalue weighted by Crippen LogP contribution is -2.44. The maximum Gasteiger partial charge on any atom is 0.274 e. The Hall–Kier alpha value is -4.14. The van der Waals surface area contributed by atoms with Crippen LogP contribution in [-0.4, -0.2) is 50.5 Å². The number of ether oxygens (including phenoxy) is 1. The number of carbonyl (C=O) groups excluding carboxylic acids is 1. The Morgan fingerprint density at radius 1 is 1.24 bits per heavy atom. The SMILES string of the molecule is C=C(OC)N1CC(c2nc(-c3ccc(C)c(NC(=O)c4cnc5cc(C)ccn45)c3)no2)C1. The normalized spacial score (nSPS) is 13.7. The van der Waals surface area contributed by atoms with E-state index in [1.54, 1.807) is 17.7 Å². The highest BCUT2D eigenvalue weighted by Crippen LogP contribution is 2.31. The van der Waals surface area contributed by atoms with E-state index in [1.807, 2.05) is 55.3 Å². The average molecular weight is 444 g/mol. The molecule has 0 bridgehead atoms. The molecule has 0 aliphatic carbocycles. The average Bonchev–Trinajstić information content (AvgIpc) is 3.41. The summed E-state index contributed by atoms with van der Waals surface area (Å²) >= 11 is 0. The van der Waals surface area contributed by atoms with E-state index in [1.165, 1.54) is 0 Å². The number of nitrogens with zero attached hydrogens (tertiary/aromatic N) is 5. The van der Waals surface area contributed by atoms with Crippen LogP contribution in [0, 0.1) is 13.8 Å². The number of pyridine rings is 1. The summed E-state index contributed by atoms with van der Waals surface area (Å²) in [5, 5.41) is 7.13. The van der Waals surface area contributed by atoms with Crippen molar-refractivity contribution < 1.29 is 14.1 Å². The molecule has 9 nitrogen and oxygen atoms in total. The molecule has 1 amide bonds. The van der Waals surface area contributed by atoms with Crippen LogP contribution in [0.25, 0.3) is 17.0 Å². The number of rotatable bonds is 6. The Labute approximate surface area is 190 Å². The second-order valence-electron chi connectivity index (χ2n) is 8.22. The highest BCUT2D eigenvalue weighted by molar-refractivity contribution is 6.04. The first kappa shape index (κ1) is 20.7. The number of amides is 1. The van der Waals surface area contributed by atoms with Crippen molar-refractivity contribution in [3.8, 4) is 11.4 Å². The van der Waals surface area contributed by atoms with E-state index >= 15 is 0 Å². The number of hydrogen-bond donors (Lipinski definition) is 1. The molecule has 0 unspecified atom stereocenters. The maximum atomic E-state index is 13.0. The van der Waals surface area contributed by atoms with Crippen LogP contribution >= 0.6 is 0 Å². The number of carbonyl (C=O) groups is 1. The molecule has 1 fully saturated rings. The fourth-order valence-electron chi connectivity index (χ4n) is 3.82. The molecule has 4 heterocycles. The van der Waals surface area contributed by atoms with Gasteiger partial charge in [-0.25, -0.2) is 4.98 Å². The van der Waals surface area contributed by atoms with E-state index in [9.17, 15) is 4.79 Å². The molecule has 1 aliphatic rings. The third-order valence-corrected chi connectivity index (χ3v) is 5.91. The molecule has 1 N–H and O–H groups in total. The topological polar surface area (TPSA) is 97.8 Å². The van der Waals surface area contributed by atoms with E-state index in [0.29, 0.717) is 29.0 Å². The van der Waals surface area contributed by atoms with Crippen LogP contribution in [0.5, 0.6) is 0 Å². The third-order valence-electron chi connectivity index (χ3n) is 5.91. The molecule has 168 valence electrons. The van der Waals surface area contributed by atoms with Crippen molar-refractivity contribution in [2.24, 2.45) is 0 Å². The van der Waals surface area contributed by atoms with E-state index in [2.05, 4.69) is 27.0 Å². The number of aryl methyl sites for hydroxylation is 2. The molecule has 0 atom stereocenters. The molecule has 4 aromatic rings. The summed E-state index contributed by atoms with van der Waals surface area (Å²) in [7, 11) is 1.60. The number of fused-ring (bicyclic) bond motifs is 1. The second kappa shape index (κ2) is 8.09. The first-order valence-corrected chi connectivity index (χ1v) is 10.6. The molecule has 0 spiro atoms. The lowest BCUT2D eigenvalue weighted by atomic mass is 10.0. The smallest absolute Gasteiger partial charge is 0.274 e. The van der Waals surface area contributed by atoms with Crippen LogP contribution in [0.15, 0.2) is 59.7 Å². The molecule has 0 saturated carbocycles. The molecule has 1 aliphatic heterocycles. The summed E-state index contributed by atoms with van der Waals surface area (Å²) in [6.45, 7) is 9.23. The summed E-state index contributed by atoms with van der Waals surface area (Å²) in [5.74, 6) is 1.59. The first-order valence-electron chi connectivity index (χ1n) is 10.6. The Morgan fingerprint density at radius 3 is 2.85 bits per heavy atom. The molecular formula is C24H24N6O3. The zero-order valence-corrected chi connectivity index (χ0v) is 18.7. The van der Waals surface area contributed by atoms with E-state index in [0.717, 1.165) is 35.4 Å². The predicted octanol–water partition coefficient (Wildman–Crippen LogP) is 3.77. The zero-order valence-electron chi connectivity index (χ0n) is 18.7. The fraction of sp³-hybridized carbons (Fsp3) is 0.250. The van der Waals surface area contributed by atoms with Gasteiger partial charge in [-0.1, -0.05) is 17.3 Å². The summed E-state index contributed by atoms with van der Waals surface area (Å²) in [6.07, 6.45) is 3.43. The number of benzene rings is 1. The summed E-state index contributed by atoms with van der Waals surface area (Å²) in [4.78, 5) is 23.9. The number of aromatic nitrogens is 4. The molecule has 3 aromatic heterocycles. The van der Waals surface area contributed by atoms with Gasteiger partial charge in [0.05, 0.1) is 19.2 Å². The maximum absolute atomic E-state index is 13.0.